The van der Waals surface area contributed by atoms with Crippen molar-refractivity contribution in [3.8, 4) is 0 Å². The normalized spacial score (nSPS) is 11.7. The van der Waals surface area contributed by atoms with Crippen LogP contribution >= 0.6 is 11.3 Å². The van der Waals surface area contributed by atoms with Crippen LogP contribution in [0.25, 0.3) is 10.9 Å². The highest BCUT2D eigenvalue weighted by Crippen LogP contribution is 2.31. The fraction of sp³-hybridized carbons (Fsp3) is 0.133. The zero-order chi connectivity index (χ0) is 18.4. The van der Waals surface area contributed by atoms with E-state index in [1.807, 2.05) is 0 Å². The molecule has 0 aliphatic carbocycles. The van der Waals surface area contributed by atoms with E-state index in [1.165, 1.54) is 31.4 Å². The van der Waals surface area contributed by atoms with Crippen LogP contribution in [0.2, 0.25) is 0 Å². The molecule has 130 valence electrons. The molecule has 0 fully saturated rings. The van der Waals surface area contributed by atoms with Gasteiger partial charge in [0.2, 0.25) is 0 Å². The van der Waals surface area contributed by atoms with Crippen molar-refractivity contribution in [2.24, 2.45) is 7.05 Å². The number of carboxylic acid groups (broad SMARTS) is 1. The molecule has 3 rings (SSSR count). The molecular weight excluding hydrogens is 359 g/mol. The summed E-state index contributed by atoms with van der Waals surface area (Å²) in [5.74, 6) is -1.12. The Hall–Kier alpha value is -2.88. The lowest BCUT2D eigenvalue weighted by Gasteiger charge is -2.15. The molecule has 0 amide bonds. The molecule has 0 aliphatic heterocycles. The topological polar surface area (TPSA) is 84.2 Å². The summed E-state index contributed by atoms with van der Waals surface area (Å²) in [5, 5.41) is 12.1. The van der Waals surface area contributed by atoms with Gasteiger partial charge in [-0.05, 0) is 18.2 Å². The van der Waals surface area contributed by atoms with E-state index >= 15 is 0 Å². The molecule has 0 bridgehead atoms. The van der Waals surface area contributed by atoms with Crippen molar-refractivity contribution in [1.82, 2.24) is 9.55 Å². The molecule has 2 aromatic heterocycles. The minimum Gasteiger partial charge on any atom is -0.477 e. The van der Waals surface area contributed by atoms with Gasteiger partial charge in [0.25, 0.3) is 0 Å². The monoisotopic (exact) mass is 369 g/mol. The number of anilines is 2. The largest absolute Gasteiger partial charge is 0.477 e. The number of nitrogens with one attached hydrogen (secondary N) is 1. The van der Waals surface area contributed by atoms with Crippen LogP contribution in [-0.2, 0) is 13.2 Å². The highest BCUT2D eigenvalue weighted by molar-refractivity contribution is 7.17. The predicted octanol–water partition coefficient (Wildman–Crippen LogP) is 3.46. The van der Waals surface area contributed by atoms with E-state index in [1.54, 1.807) is 0 Å². The van der Waals surface area contributed by atoms with Crippen LogP contribution in [-0.4, -0.2) is 20.6 Å². The molecule has 3 aromatic rings. The maximum Gasteiger partial charge on any atom is 0.431 e. The SMILES string of the molecule is Cn1c(C(F)(F)F)cc(=O)c2ccc(Nc3ncc(C(=O)O)s3)cc21. The molecule has 0 unspecified atom stereocenters. The average Bonchev–Trinajstić information content (AvgIpc) is 2.98. The van der Waals surface area contributed by atoms with Crippen molar-refractivity contribution in [2.45, 2.75) is 6.18 Å². The van der Waals surface area contributed by atoms with Gasteiger partial charge in [-0.2, -0.15) is 13.2 Å². The number of alkyl halides is 3. The van der Waals surface area contributed by atoms with Gasteiger partial charge < -0.3 is 15.0 Å². The Morgan fingerprint density at radius 3 is 2.64 bits per heavy atom. The molecule has 0 atom stereocenters. The number of thiazole rings is 1. The highest BCUT2D eigenvalue weighted by atomic mass is 32.1. The summed E-state index contributed by atoms with van der Waals surface area (Å²) in [6, 6.07) is 4.87. The number of nitrogens with zero attached hydrogens (tertiary/aromatic N) is 2. The smallest absolute Gasteiger partial charge is 0.431 e. The molecule has 0 radical (unpaired) electrons. The molecule has 0 spiro atoms. The molecule has 0 saturated carbocycles. The first-order valence-electron chi connectivity index (χ1n) is 6.84. The summed E-state index contributed by atoms with van der Waals surface area (Å²) in [6.07, 6.45) is -3.48. The van der Waals surface area contributed by atoms with Gasteiger partial charge >= 0.3 is 12.1 Å². The second-order valence-corrected chi connectivity index (χ2v) is 6.17. The minimum atomic E-state index is -4.66. The van der Waals surface area contributed by atoms with Crippen LogP contribution < -0.4 is 10.7 Å². The van der Waals surface area contributed by atoms with E-state index in [2.05, 4.69) is 10.3 Å². The van der Waals surface area contributed by atoms with Crippen molar-refractivity contribution in [2.75, 3.05) is 5.32 Å². The second kappa shape index (κ2) is 5.88. The van der Waals surface area contributed by atoms with E-state index in [0.717, 1.165) is 15.9 Å². The number of hydrogen-bond acceptors (Lipinski definition) is 5. The summed E-state index contributed by atoms with van der Waals surface area (Å²) in [4.78, 5) is 26.7. The minimum absolute atomic E-state index is 0.0232. The summed E-state index contributed by atoms with van der Waals surface area (Å²) < 4.78 is 40.0. The molecule has 6 nitrogen and oxygen atoms in total. The van der Waals surface area contributed by atoms with Gasteiger partial charge in [-0.15, -0.1) is 0 Å². The van der Waals surface area contributed by atoms with E-state index < -0.39 is 23.3 Å². The van der Waals surface area contributed by atoms with Gasteiger partial charge in [-0.1, -0.05) is 11.3 Å². The van der Waals surface area contributed by atoms with Crippen LogP contribution in [0.1, 0.15) is 15.4 Å². The number of carbonyl (C=O) groups is 1. The van der Waals surface area contributed by atoms with Crippen LogP contribution in [0.3, 0.4) is 0 Å². The number of hydrogen-bond donors (Lipinski definition) is 2. The maximum absolute atomic E-state index is 13.0. The van der Waals surface area contributed by atoms with Gasteiger partial charge in [0.15, 0.2) is 10.6 Å². The van der Waals surface area contributed by atoms with Gasteiger partial charge in [0.1, 0.15) is 10.6 Å². The van der Waals surface area contributed by atoms with Gasteiger partial charge in [-0.25, -0.2) is 9.78 Å². The van der Waals surface area contributed by atoms with Crippen molar-refractivity contribution in [3.63, 3.8) is 0 Å². The molecule has 0 saturated heterocycles. The van der Waals surface area contributed by atoms with Crippen molar-refractivity contribution >= 4 is 39.0 Å². The summed E-state index contributed by atoms with van der Waals surface area (Å²) in [6.45, 7) is 0. The summed E-state index contributed by atoms with van der Waals surface area (Å²) >= 11 is 0.886. The van der Waals surface area contributed by atoms with Crippen molar-refractivity contribution in [3.05, 3.63) is 51.3 Å². The van der Waals surface area contributed by atoms with Gasteiger partial charge in [0, 0.05) is 24.2 Å². The third kappa shape index (κ3) is 3.20. The number of aromatic nitrogens is 2. The lowest BCUT2D eigenvalue weighted by Crippen LogP contribution is -2.19. The average molecular weight is 369 g/mol. The standard InChI is InChI=1S/C15H10F3N3O3S/c1-21-9-4-7(20-14-19-6-11(25-14)13(23)24)2-3-8(9)10(22)5-12(21)15(16,17)18/h2-6H,1H3,(H,19,20)(H,23,24). The van der Waals surface area contributed by atoms with Crippen LogP contribution in [0, 0.1) is 0 Å². The van der Waals surface area contributed by atoms with Crippen LogP contribution in [0.5, 0.6) is 0 Å². The number of halogens is 3. The second-order valence-electron chi connectivity index (χ2n) is 5.14. The lowest BCUT2D eigenvalue weighted by atomic mass is 10.1. The number of carboxylic acids is 1. The van der Waals surface area contributed by atoms with Gasteiger partial charge in [0.05, 0.1) is 11.7 Å². The summed E-state index contributed by atoms with van der Waals surface area (Å²) in [5.41, 5.74) is -1.30. The number of rotatable bonds is 3. The van der Waals surface area contributed by atoms with E-state index in [4.69, 9.17) is 5.11 Å². The van der Waals surface area contributed by atoms with E-state index in [-0.39, 0.29) is 20.9 Å². The molecule has 2 N–H and O–H groups in total. The molecular formula is C15H10F3N3O3S. The van der Waals surface area contributed by atoms with Crippen LogP contribution in [0.15, 0.2) is 35.3 Å². The number of fused-ring (bicyclic) bond motifs is 1. The number of benzene rings is 1. The van der Waals surface area contributed by atoms with E-state index in [9.17, 15) is 22.8 Å². The predicted molar refractivity (Wildman–Crippen MR) is 86.5 cm³/mol. The zero-order valence-electron chi connectivity index (χ0n) is 12.6. The van der Waals surface area contributed by atoms with E-state index in [0.29, 0.717) is 11.8 Å². The number of aromatic carboxylic acids is 1. The lowest BCUT2D eigenvalue weighted by molar-refractivity contribution is -0.143. The van der Waals surface area contributed by atoms with Crippen LogP contribution in [0.4, 0.5) is 24.0 Å². The first kappa shape index (κ1) is 17.0. The maximum atomic E-state index is 13.0. The third-order valence-electron chi connectivity index (χ3n) is 3.51. The first-order chi connectivity index (χ1) is 11.7. The fourth-order valence-electron chi connectivity index (χ4n) is 2.35. The molecule has 1 aromatic carbocycles. The Kier molecular flexibility index (Phi) is 3.99. The Morgan fingerprint density at radius 2 is 2.04 bits per heavy atom. The number of aryl methyl sites for hydroxylation is 1. The Bertz CT molecular complexity index is 1040. The Balaban J connectivity index is 2.07. The molecule has 25 heavy (non-hydrogen) atoms. The van der Waals surface area contributed by atoms with Crippen molar-refractivity contribution in [1.29, 1.82) is 0 Å². The first-order valence-corrected chi connectivity index (χ1v) is 7.65. The third-order valence-corrected chi connectivity index (χ3v) is 4.41. The molecule has 10 heteroatoms. The fourth-order valence-corrected chi connectivity index (χ4v) is 3.03. The summed E-state index contributed by atoms with van der Waals surface area (Å²) in [7, 11) is 1.22. The highest BCUT2D eigenvalue weighted by Gasteiger charge is 2.34. The molecule has 0 aliphatic rings. The zero-order valence-corrected chi connectivity index (χ0v) is 13.4. The number of pyridine rings is 1. The Morgan fingerprint density at radius 1 is 1.32 bits per heavy atom. The van der Waals surface area contributed by atoms with Crippen molar-refractivity contribution < 1.29 is 23.1 Å². The Labute approximate surface area is 142 Å². The molecule has 2 heterocycles. The van der Waals surface area contributed by atoms with Gasteiger partial charge in [-0.3, -0.25) is 4.79 Å². The quantitative estimate of drug-likeness (QED) is 0.739.